The first kappa shape index (κ1) is 35.6. The van der Waals surface area contributed by atoms with Crippen LogP contribution in [0.5, 0.6) is 0 Å². The van der Waals surface area contributed by atoms with Gasteiger partial charge in [-0.1, -0.05) is 11.8 Å². The molecule has 2 unspecified atom stereocenters. The first-order valence-corrected chi connectivity index (χ1v) is 14.2. The van der Waals surface area contributed by atoms with Gasteiger partial charge in [0.15, 0.2) is 24.2 Å². The van der Waals surface area contributed by atoms with Gasteiger partial charge in [-0.3, -0.25) is 4.79 Å². The standard InChI is InChI=1S/C24H40F3NO9S2/c1-7-31-18(32-8-2)13-12-16-19(37-21(30)36-16)23(24(25,26)27,28-15(6)29)14-17(39-22(38)35-11-5)20(33-9-3)34-10-4/h16-20H,7-14H2,1-6H3,(H,28,29)/t16-,17?,19+,23?/m0/s1. The van der Waals surface area contributed by atoms with Gasteiger partial charge in [0.1, 0.15) is 6.10 Å². The van der Waals surface area contributed by atoms with Crippen LogP contribution >= 0.6 is 24.0 Å². The highest BCUT2D eigenvalue weighted by molar-refractivity contribution is 8.23. The van der Waals surface area contributed by atoms with Crippen LogP contribution in [0.2, 0.25) is 0 Å². The third-order valence-electron chi connectivity index (χ3n) is 5.59. The Balaban J connectivity index is 3.56. The third kappa shape index (κ3) is 10.8. The molecule has 0 bridgehead atoms. The maximum Gasteiger partial charge on any atom is 0.509 e. The number of hydrogen-bond acceptors (Lipinski definition) is 11. The van der Waals surface area contributed by atoms with E-state index < -0.39 is 60.2 Å². The smallest absolute Gasteiger partial charge is 0.479 e. The SMILES string of the molecule is CCOC(=S)SC(CC(NC(C)=O)([C@@H]1OC(=O)O[C@H]1CCC(OCC)OCC)C(F)(F)F)C(OCC)OCC. The van der Waals surface area contributed by atoms with E-state index in [0.29, 0.717) is 13.2 Å². The van der Waals surface area contributed by atoms with Crippen molar-refractivity contribution in [2.75, 3.05) is 33.0 Å². The molecule has 15 heteroatoms. The Morgan fingerprint density at radius 1 is 1.00 bits per heavy atom. The number of carbonyl (C=O) groups excluding carboxylic acids is 2. The van der Waals surface area contributed by atoms with Gasteiger partial charge in [-0.25, -0.2) is 4.79 Å². The summed E-state index contributed by atoms with van der Waals surface area (Å²) in [6, 6.07) is 0. The fraction of sp³-hybridized carbons (Fsp3) is 0.875. The molecular weight excluding hydrogens is 567 g/mol. The zero-order valence-electron chi connectivity index (χ0n) is 23.2. The van der Waals surface area contributed by atoms with Gasteiger partial charge in [0, 0.05) is 46.2 Å². The summed E-state index contributed by atoms with van der Waals surface area (Å²) in [4.78, 5) is 24.5. The molecule has 1 aliphatic heterocycles. The Labute approximate surface area is 237 Å². The second-order valence-corrected chi connectivity index (χ2v) is 10.2. The van der Waals surface area contributed by atoms with Crippen molar-refractivity contribution in [3.8, 4) is 0 Å². The van der Waals surface area contributed by atoms with E-state index in [2.05, 4.69) is 0 Å². The van der Waals surface area contributed by atoms with E-state index in [1.807, 2.05) is 5.32 Å². The molecule has 1 saturated heterocycles. The largest absolute Gasteiger partial charge is 0.509 e. The first-order chi connectivity index (χ1) is 18.4. The van der Waals surface area contributed by atoms with E-state index in [1.165, 1.54) is 0 Å². The lowest BCUT2D eigenvalue weighted by Gasteiger charge is -2.43. The zero-order chi connectivity index (χ0) is 29.6. The second kappa shape index (κ2) is 17.4. The number of thiocarbonyl (C=S) groups is 1. The van der Waals surface area contributed by atoms with Crippen molar-refractivity contribution in [2.45, 2.75) is 103 Å². The minimum Gasteiger partial charge on any atom is -0.479 e. The van der Waals surface area contributed by atoms with Crippen LogP contribution in [0.3, 0.4) is 0 Å². The summed E-state index contributed by atoms with van der Waals surface area (Å²) in [5.41, 5.74) is -3.09. The molecule has 0 spiro atoms. The monoisotopic (exact) mass is 607 g/mol. The number of halogens is 3. The Morgan fingerprint density at radius 3 is 2.03 bits per heavy atom. The number of alkyl halides is 3. The van der Waals surface area contributed by atoms with Gasteiger partial charge in [-0.2, -0.15) is 13.2 Å². The van der Waals surface area contributed by atoms with Crippen LogP contribution in [0.4, 0.5) is 18.0 Å². The van der Waals surface area contributed by atoms with Crippen molar-refractivity contribution < 1.29 is 55.9 Å². The Hall–Kier alpha value is -1.39. The predicted molar refractivity (Wildman–Crippen MR) is 141 cm³/mol. The molecular formula is C24H40F3NO9S2. The van der Waals surface area contributed by atoms with Crippen LogP contribution in [0.25, 0.3) is 0 Å². The first-order valence-electron chi connectivity index (χ1n) is 12.9. The summed E-state index contributed by atoms with van der Waals surface area (Å²) < 4.78 is 83.2. The molecule has 0 aromatic heterocycles. The summed E-state index contributed by atoms with van der Waals surface area (Å²) >= 11 is 6.01. The lowest BCUT2D eigenvalue weighted by atomic mass is 9.81. The fourth-order valence-corrected chi connectivity index (χ4v) is 5.72. The summed E-state index contributed by atoms with van der Waals surface area (Å²) in [6.45, 7) is 10.5. The minimum absolute atomic E-state index is 0.0294. The molecule has 0 aliphatic carbocycles. The van der Waals surface area contributed by atoms with Crippen molar-refractivity contribution in [3.63, 3.8) is 0 Å². The molecule has 10 nitrogen and oxygen atoms in total. The Bertz CT molecular complexity index is 766. The number of nitrogens with one attached hydrogen (secondary N) is 1. The van der Waals surface area contributed by atoms with Gasteiger partial charge >= 0.3 is 12.3 Å². The van der Waals surface area contributed by atoms with E-state index in [1.54, 1.807) is 34.6 Å². The molecule has 0 aromatic rings. The summed E-state index contributed by atoms with van der Waals surface area (Å²) in [6.07, 6.45) is -12.4. The van der Waals surface area contributed by atoms with Gasteiger partial charge in [0.05, 0.1) is 11.9 Å². The van der Waals surface area contributed by atoms with Gasteiger partial charge < -0.3 is 38.5 Å². The minimum atomic E-state index is -5.11. The molecule has 1 fully saturated rings. The molecule has 0 radical (unpaired) electrons. The van der Waals surface area contributed by atoms with E-state index in [0.717, 1.165) is 18.7 Å². The van der Waals surface area contributed by atoms with Crippen molar-refractivity contribution in [1.82, 2.24) is 5.32 Å². The quantitative estimate of drug-likeness (QED) is 0.133. The molecule has 4 atom stereocenters. The topological polar surface area (TPSA) is 111 Å². The van der Waals surface area contributed by atoms with Crippen LogP contribution < -0.4 is 5.32 Å². The second-order valence-electron chi connectivity index (χ2n) is 8.34. The van der Waals surface area contributed by atoms with Gasteiger partial charge in [0.25, 0.3) is 0 Å². The molecule has 0 aromatic carbocycles. The number of amides is 1. The molecule has 0 saturated carbocycles. The average molecular weight is 608 g/mol. The van der Waals surface area contributed by atoms with E-state index in [-0.39, 0.29) is 37.0 Å². The van der Waals surface area contributed by atoms with Crippen LogP contribution in [0.15, 0.2) is 0 Å². The highest BCUT2D eigenvalue weighted by Gasteiger charge is 2.67. The number of hydrogen-bond donors (Lipinski definition) is 1. The normalized spacial score (nSPS) is 19.9. The van der Waals surface area contributed by atoms with Gasteiger partial charge in [-0.05, 0) is 53.3 Å². The average Bonchev–Trinajstić information content (AvgIpc) is 3.21. The predicted octanol–water partition coefficient (Wildman–Crippen LogP) is 4.72. The fourth-order valence-electron chi connectivity index (χ4n) is 4.19. The highest BCUT2D eigenvalue weighted by Crippen LogP contribution is 2.45. The van der Waals surface area contributed by atoms with Crippen LogP contribution in [0.1, 0.15) is 60.8 Å². The van der Waals surface area contributed by atoms with Crippen molar-refractivity contribution in [2.24, 2.45) is 0 Å². The van der Waals surface area contributed by atoms with Crippen molar-refractivity contribution >= 4 is 40.4 Å². The lowest BCUT2D eigenvalue weighted by molar-refractivity contribution is -0.232. The van der Waals surface area contributed by atoms with E-state index in [4.69, 9.17) is 45.4 Å². The maximum atomic E-state index is 15.1. The molecule has 1 amide bonds. The van der Waals surface area contributed by atoms with Crippen LogP contribution in [-0.4, -0.2) is 91.2 Å². The molecule has 1 heterocycles. The molecule has 39 heavy (non-hydrogen) atoms. The summed E-state index contributed by atoms with van der Waals surface area (Å²) in [5, 5.41) is 0.919. The number of ether oxygens (including phenoxy) is 7. The number of carbonyl (C=O) groups is 2. The van der Waals surface area contributed by atoms with Gasteiger partial charge in [-0.15, -0.1) is 0 Å². The Kier molecular flexibility index (Phi) is 15.9. The zero-order valence-corrected chi connectivity index (χ0v) is 24.8. The number of thioether (sulfide) groups is 1. The van der Waals surface area contributed by atoms with Crippen LogP contribution in [0, 0.1) is 0 Å². The van der Waals surface area contributed by atoms with Crippen molar-refractivity contribution in [3.05, 3.63) is 0 Å². The number of rotatable bonds is 18. The summed E-state index contributed by atoms with van der Waals surface area (Å²) in [7, 11) is 0. The molecule has 228 valence electrons. The number of cyclic esters (lactones) is 2. The summed E-state index contributed by atoms with van der Waals surface area (Å²) in [5.74, 6) is -0.990. The molecule has 1 rings (SSSR count). The molecule has 1 aliphatic rings. The van der Waals surface area contributed by atoms with E-state index in [9.17, 15) is 9.59 Å². The van der Waals surface area contributed by atoms with E-state index >= 15 is 13.2 Å². The van der Waals surface area contributed by atoms with Crippen molar-refractivity contribution in [1.29, 1.82) is 0 Å². The maximum absolute atomic E-state index is 15.1. The van der Waals surface area contributed by atoms with Crippen LogP contribution in [-0.2, 0) is 38.0 Å². The Morgan fingerprint density at radius 2 is 1.56 bits per heavy atom. The third-order valence-corrected chi connectivity index (χ3v) is 7.00. The van der Waals surface area contributed by atoms with Gasteiger partial charge in [0.2, 0.25) is 10.3 Å². The molecule has 1 N–H and O–H groups in total. The lowest BCUT2D eigenvalue weighted by Crippen LogP contribution is -2.69. The highest BCUT2D eigenvalue weighted by atomic mass is 32.2.